The van der Waals surface area contributed by atoms with E-state index in [9.17, 15) is 14.4 Å². The van der Waals surface area contributed by atoms with Gasteiger partial charge in [-0.1, -0.05) is 12.1 Å². The van der Waals surface area contributed by atoms with Crippen LogP contribution in [0.2, 0.25) is 0 Å². The van der Waals surface area contributed by atoms with Gasteiger partial charge in [-0.2, -0.15) is 0 Å². The van der Waals surface area contributed by atoms with Crippen molar-refractivity contribution in [3.8, 4) is 0 Å². The number of primary amides is 1. The maximum absolute atomic E-state index is 11.4. The molecular weight excluding hydrogens is 222 g/mol. The highest BCUT2D eigenvalue weighted by Gasteiger charge is 2.12. The van der Waals surface area contributed by atoms with Crippen LogP contribution in [0.15, 0.2) is 18.2 Å². The molecule has 1 rings (SSSR count). The molecule has 0 aromatic heterocycles. The highest BCUT2D eigenvalue weighted by molar-refractivity contribution is 6.07. The Kier molecular flexibility index (Phi) is 3.98. The quantitative estimate of drug-likeness (QED) is 0.804. The molecule has 0 aliphatic carbocycles. The number of benzene rings is 1. The fourth-order valence-electron chi connectivity index (χ4n) is 1.43. The smallest absolute Gasteiger partial charge is 0.404 e. The molecule has 5 heteroatoms. The number of Topliss-reactive ketones (excluding diaryl/α,β-unsaturated/α-hetero) is 2. The first kappa shape index (κ1) is 12.9. The molecular formula is C12H13NO4. The normalized spacial score (nSPS) is 9.76. The molecule has 5 nitrogen and oxygen atoms in total. The Balaban J connectivity index is 3.05. The van der Waals surface area contributed by atoms with Crippen LogP contribution in [0.1, 0.15) is 40.1 Å². The fourth-order valence-corrected chi connectivity index (χ4v) is 1.43. The van der Waals surface area contributed by atoms with Gasteiger partial charge in [-0.3, -0.25) is 9.59 Å². The van der Waals surface area contributed by atoms with E-state index >= 15 is 0 Å². The molecule has 0 heterocycles. The minimum atomic E-state index is -0.884. The third-order valence-corrected chi connectivity index (χ3v) is 2.22. The van der Waals surface area contributed by atoms with E-state index in [0.29, 0.717) is 16.7 Å². The standard InChI is InChI=1S/C12H13NO4/c1-7(14)10-4-3-9(6-17-12(13)16)5-11(10)8(2)15/h3-5H,6H2,1-2H3,(H2,13,16). The predicted octanol–water partition coefficient (Wildman–Crippen LogP) is 1.69. The van der Waals surface area contributed by atoms with Crippen molar-refractivity contribution in [2.75, 3.05) is 0 Å². The van der Waals surface area contributed by atoms with Gasteiger partial charge in [0.05, 0.1) is 0 Å². The summed E-state index contributed by atoms with van der Waals surface area (Å²) in [5, 5.41) is 0. The van der Waals surface area contributed by atoms with Crippen LogP contribution in [-0.2, 0) is 11.3 Å². The summed E-state index contributed by atoms with van der Waals surface area (Å²) in [5.74, 6) is -0.395. The molecule has 2 N–H and O–H groups in total. The Morgan fingerprint density at radius 2 is 1.71 bits per heavy atom. The molecule has 0 spiro atoms. The fraction of sp³-hybridized carbons (Fsp3) is 0.250. The molecule has 0 aliphatic heterocycles. The van der Waals surface area contributed by atoms with Crippen molar-refractivity contribution in [3.63, 3.8) is 0 Å². The predicted molar refractivity (Wildman–Crippen MR) is 60.8 cm³/mol. The summed E-state index contributed by atoms with van der Waals surface area (Å²) in [5.41, 5.74) is 6.13. The maximum atomic E-state index is 11.4. The molecule has 0 radical (unpaired) electrons. The number of hydrogen-bond acceptors (Lipinski definition) is 4. The van der Waals surface area contributed by atoms with E-state index in [2.05, 4.69) is 4.74 Å². The Morgan fingerprint density at radius 1 is 1.12 bits per heavy atom. The van der Waals surface area contributed by atoms with Crippen molar-refractivity contribution in [2.24, 2.45) is 5.73 Å². The van der Waals surface area contributed by atoms with Gasteiger partial charge < -0.3 is 10.5 Å². The summed E-state index contributed by atoms with van der Waals surface area (Å²) in [6.45, 7) is 2.75. The van der Waals surface area contributed by atoms with Crippen molar-refractivity contribution >= 4 is 17.7 Å². The number of nitrogens with two attached hydrogens (primary N) is 1. The SMILES string of the molecule is CC(=O)c1ccc(COC(N)=O)cc1C(C)=O. The zero-order chi connectivity index (χ0) is 13.0. The van der Waals surface area contributed by atoms with E-state index in [1.807, 2.05) is 0 Å². The molecule has 0 aliphatic rings. The van der Waals surface area contributed by atoms with Gasteiger partial charge >= 0.3 is 6.09 Å². The third-order valence-electron chi connectivity index (χ3n) is 2.22. The van der Waals surface area contributed by atoms with E-state index in [1.165, 1.54) is 19.9 Å². The number of ether oxygens (including phenoxy) is 1. The van der Waals surface area contributed by atoms with Gasteiger partial charge in [-0.05, 0) is 25.5 Å². The molecule has 90 valence electrons. The molecule has 0 fully saturated rings. The molecule has 1 aromatic rings. The van der Waals surface area contributed by atoms with Gasteiger partial charge in [0.2, 0.25) is 0 Å². The van der Waals surface area contributed by atoms with E-state index in [1.54, 1.807) is 12.1 Å². The summed E-state index contributed by atoms with van der Waals surface area (Å²) < 4.78 is 4.61. The van der Waals surface area contributed by atoms with Crippen molar-refractivity contribution < 1.29 is 19.1 Å². The van der Waals surface area contributed by atoms with E-state index < -0.39 is 6.09 Å². The zero-order valence-electron chi connectivity index (χ0n) is 9.65. The van der Waals surface area contributed by atoms with Crippen LogP contribution in [0.25, 0.3) is 0 Å². The highest BCUT2D eigenvalue weighted by Crippen LogP contribution is 2.14. The molecule has 0 unspecified atom stereocenters. The summed E-state index contributed by atoms with van der Waals surface area (Å²) in [6.07, 6.45) is -0.884. The van der Waals surface area contributed by atoms with Crippen LogP contribution in [0, 0.1) is 0 Å². The molecule has 0 saturated heterocycles. The van der Waals surface area contributed by atoms with E-state index in [-0.39, 0.29) is 18.2 Å². The van der Waals surface area contributed by atoms with Gasteiger partial charge in [-0.25, -0.2) is 4.79 Å². The molecule has 0 saturated carbocycles. The average Bonchev–Trinajstić information content (AvgIpc) is 2.25. The van der Waals surface area contributed by atoms with Crippen molar-refractivity contribution in [2.45, 2.75) is 20.5 Å². The number of ketones is 2. The highest BCUT2D eigenvalue weighted by atomic mass is 16.5. The summed E-state index contributed by atoms with van der Waals surface area (Å²) in [7, 11) is 0. The van der Waals surface area contributed by atoms with E-state index in [0.717, 1.165) is 0 Å². The second-order valence-electron chi connectivity index (χ2n) is 3.60. The van der Waals surface area contributed by atoms with E-state index in [4.69, 9.17) is 5.73 Å². The number of amides is 1. The summed E-state index contributed by atoms with van der Waals surface area (Å²) in [6, 6.07) is 4.69. The number of hydrogen-bond donors (Lipinski definition) is 1. The molecule has 1 aromatic carbocycles. The molecule has 0 bridgehead atoms. The molecule has 17 heavy (non-hydrogen) atoms. The first-order chi connectivity index (χ1) is 7.91. The molecule has 0 atom stereocenters. The maximum Gasteiger partial charge on any atom is 0.404 e. The third kappa shape index (κ3) is 3.41. The van der Waals surface area contributed by atoms with Gasteiger partial charge in [0.15, 0.2) is 11.6 Å². The first-order valence-corrected chi connectivity index (χ1v) is 4.99. The van der Waals surface area contributed by atoms with Crippen LogP contribution < -0.4 is 5.73 Å². The Morgan fingerprint density at radius 3 is 2.18 bits per heavy atom. The zero-order valence-corrected chi connectivity index (χ0v) is 9.65. The van der Waals surface area contributed by atoms with Gasteiger partial charge in [-0.15, -0.1) is 0 Å². The number of rotatable bonds is 4. The first-order valence-electron chi connectivity index (χ1n) is 4.99. The lowest BCUT2D eigenvalue weighted by Crippen LogP contribution is -2.13. The topological polar surface area (TPSA) is 86.5 Å². The largest absolute Gasteiger partial charge is 0.445 e. The van der Waals surface area contributed by atoms with Crippen LogP contribution >= 0.6 is 0 Å². The van der Waals surface area contributed by atoms with Crippen LogP contribution in [0.3, 0.4) is 0 Å². The Bertz CT molecular complexity index is 479. The Hall–Kier alpha value is -2.17. The van der Waals surface area contributed by atoms with Crippen molar-refractivity contribution in [1.29, 1.82) is 0 Å². The minimum Gasteiger partial charge on any atom is -0.445 e. The van der Waals surface area contributed by atoms with Gasteiger partial charge in [0.25, 0.3) is 0 Å². The lowest BCUT2D eigenvalue weighted by atomic mass is 9.99. The lowest BCUT2D eigenvalue weighted by Gasteiger charge is -2.07. The second kappa shape index (κ2) is 5.25. The monoisotopic (exact) mass is 235 g/mol. The van der Waals surface area contributed by atoms with Crippen molar-refractivity contribution in [3.05, 3.63) is 34.9 Å². The summed E-state index contributed by atoms with van der Waals surface area (Å²) >= 11 is 0. The van der Waals surface area contributed by atoms with Crippen LogP contribution in [-0.4, -0.2) is 17.7 Å². The average molecular weight is 235 g/mol. The van der Waals surface area contributed by atoms with Crippen LogP contribution in [0.4, 0.5) is 4.79 Å². The molecule has 1 amide bonds. The van der Waals surface area contributed by atoms with Crippen molar-refractivity contribution in [1.82, 2.24) is 0 Å². The summed E-state index contributed by atoms with van der Waals surface area (Å²) in [4.78, 5) is 33.1. The van der Waals surface area contributed by atoms with Gasteiger partial charge in [0, 0.05) is 11.1 Å². The number of carbonyl (C=O) groups excluding carboxylic acids is 3. The van der Waals surface area contributed by atoms with Gasteiger partial charge in [0.1, 0.15) is 6.61 Å². The Labute approximate surface area is 98.6 Å². The second-order valence-corrected chi connectivity index (χ2v) is 3.60. The minimum absolute atomic E-state index is 0.0200. The number of carbonyl (C=O) groups is 3. The van der Waals surface area contributed by atoms with Crippen LogP contribution in [0.5, 0.6) is 0 Å². The lowest BCUT2D eigenvalue weighted by molar-refractivity contribution is 0.0980.